The molecule has 2 aromatic carbocycles. The number of piperazine rings is 1. The molecular formula is C28H34N4O. The molecule has 5 rings (SSSR count). The van der Waals surface area contributed by atoms with Crippen molar-refractivity contribution >= 4 is 22.5 Å². The SMILES string of the molecule is O=C(CCC1CCCN(Cc2ccc3ccccc3c2)C1)N1CCN(c2ccccn2)CC1. The van der Waals surface area contributed by atoms with Crippen molar-refractivity contribution in [2.24, 2.45) is 5.92 Å². The summed E-state index contributed by atoms with van der Waals surface area (Å²) in [4.78, 5) is 24.2. The van der Waals surface area contributed by atoms with E-state index < -0.39 is 0 Å². The van der Waals surface area contributed by atoms with Crippen LogP contribution in [0.25, 0.3) is 10.8 Å². The minimum atomic E-state index is 0.322. The molecule has 0 spiro atoms. The van der Waals surface area contributed by atoms with Crippen LogP contribution in [0, 0.1) is 5.92 Å². The van der Waals surface area contributed by atoms with Crippen molar-refractivity contribution in [1.82, 2.24) is 14.8 Å². The van der Waals surface area contributed by atoms with Crippen molar-refractivity contribution in [3.8, 4) is 0 Å². The van der Waals surface area contributed by atoms with E-state index in [4.69, 9.17) is 0 Å². The van der Waals surface area contributed by atoms with Crippen LogP contribution in [0.1, 0.15) is 31.2 Å². The van der Waals surface area contributed by atoms with E-state index in [1.165, 1.54) is 29.2 Å². The zero-order valence-corrected chi connectivity index (χ0v) is 19.4. The van der Waals surface area contributed by atoms with Crippen molar-refractivity contribution in [2.75, 3.05) is 44.2 Å². The highest BCUT2D eigenvalue weighted by molar-refractivity contribution is 5.83. The number of carbonyl (C=O) groups excluding carboxylic acids is 1. The minimum absolute atomic E-state index is 0.322. The second-order valence-electron chi connectivity index (χ2n) is 9.52. The maximum absolute atomic E-state index is 12.9. The maximum Gasteiger partial charge on any atom is 0.222 e. The summed E-state index contributed by atoms with van der Waals surface area (Å²) in [5.74, 6) is 1.96. The topological polar surface area (TPSA) is 39.7 Å². The average Bonchev–Trinajstić information content (AvgIpc) is 2.88. The van der Waals surface area contributed by atoms with Crippen LogP contribution in [0.3, 0.4) is 0 Å². The first-order valence-electron chi connectivity index (χ1n) is 12.4. The van der Waals surface area contributed by atoms with Gasteiger partial charge in [0, 0.05) is 51.9 Å². The normalized spacial score (nSPS) is 19.7. The monoisotopic (exact) mass is 442 g/mol. The molecule has 2 aliphatic rings. The average molecular weight is 443 g/mol. The van der Waals surface area contributed by atoms with Crippen LogP contribution in [-0.4, -0.2) is 60.0 Å². The number of anilines is 1. The van der Waals surface area contributed by atoms with Gasteiger partial charge in [0.1, 0.15) is 5.82 Å². The molecule has 2 saturated heterocycles. The molecule has 1 amide bonds. The Morgan fingerprint density at radius 1 is 0.909 bits per heavy atom. The van der Waals surface area contributed by atoms with Gasteiger partial charge in [-0.15, -0.1) is 0 Å². The highest BCUT2D eigenvalue weighted by atomic mass is 16.2. The van der Waals surface area contributed by atoms with Crippen LogP contribution in [0.4, 0.5) is 5.82 Å². The number of rotatable bonds is 6. The molecule has 1 unspecified atom stereocenters. The van der Waals surface area contributed by atoms with Crippen LogP contribution < -0.4 is 4.90 Å². The Labute approximate surface area is 197 Å². The summed E-state index contributed by atoms with van der Waals surface area (Å²) in [5, 5.41) is 2.62. The summed E-state index contributed by atoms with van der Waals surface area (Å²) in [6.07, 6.45) is 6.00. The third-order valence-electron chi connectivity index (χ3n) is 7.20. The van der Waals surface area contributed by atoms with Crippen molar-refractivity contribution in [3.63, 3.8) is 0 Å². The number of aromatic nitrogens is 1. The van der Waals surface area contributed by atoms with Crippen molar-refractivity contribution in [1.29, 1.82) is 0 Å². The van der Waals surface area contributed by atoms with E-state index in [9.17, 15) is 4.79 Å². The molecule has 2 aliphatic heterocycles. The summed E-state index contributed by atoms with van der Waals surface area (Å²) in [6, 6.07) is 21.4. The second-order valence-corrected chi connectivity index (χ2v) is 9.52. The van der Waals surface area contributed by atoms with Gasteiger partial charge in [0.2, 0.25) is 5.91 Å². The third-order valence-corrected chi connectivity index (χ3v) is 7.20. The lowest BCUT2D eigenvalue weighted by Crippen LogP contribution is -2.49. The van der Waals surface area contributed by atoms with Crippen LogP contribution >= 0.6 is 0 Å². The molecule has 5 heteroatoms. The highest BCUT2D eigenvalue weighted by Crippen LogP contribution is 2.24. The Morgan fingerprint density at radius 2 is 1.73 bits per heavy atom. The number of piperidine rings is 1. The molecule has 0 radical (unpaired) electrons. The first-order chi connectivity index (χ1) is 16.2. The molecule has 2 fully saturated rings. The van der Waals surface area contributed by atoms with Gasteiger partial charge < -0.3 is 9.80 Å². The molecule has 0 saturated carbocycles. The number of hydrogen-bond acceptors (Lipinski definition) is 4. The van der Waals surface area contributed by atoms with E-state index in [2.05, 4.69) is 62.1 Å². The molecule has 3 heterocycles. The second kappa shape index (κ2) is 10.3. The summed E-state index contributed by atoms with van der Waals surface area (Å²) < 4.78 is 0. The number of likely N-dealkylation sites (tertiary alicyclic amines) is 1. The number of carbonyl (C=O) groups is 1. The number of amides is 1. The van der Waals surface area contributed by atoms with Crippen LogP contribution in [0.15, 0.2) is 66.9 Å². The molecule has 0 aliphatic carbocycles. The summed E-state index contributed by atoms with van der Waals surface area (Å²) in [6.45, 7) is 6.60. The Kier molecular flexibility index (Phi) is 6.87. The number of hydrogen-bond donors (Lipinski definition) is 0. The number of fused-ring (bicyclic) bond motifs is 1. The summed E-state index contributed by atoms with van der Waals surface area (Å²) in [7, 11) is 0. The molecule has 0 bridgehead atoms. The van der Waals surface area contributed by atoms with Gasteiger partial charge in [-0.2, -0.15) is 0 Å². The predicted molar refractivity (Wildman–Crippen MR) is 134 cm³/mol. The Hall–Kier alpha value is -2.92. The van der Waals surface area contributed by atoms with Gasteiger partial charge in [-0.3, -0.25) is 9.69 Å². The van der Waals surface area contributed by atoms with Gasteiger partial charge in [-0.25, -0.2) is 4.98 Å². The van der Waals surface area contributed by atoms with Gasteiger partial charge in [-0.05, 0) is 66.3 Å². The van der Waals surface area contributed by atoms with Gasteiger partial charge in [0.15, 0.2) is 0 Å². The molecule has 1 atom stereocenters. The standard InChI is InChI=1S/C28H34N4O/c33-28(32-18-16-31(17-19-32)27-9-3-4-14-29-27)13-11-23-6-5-15-30(21-23)22-24-10-12-25-7-1-2-8-26(25)20-24/h1-4,7-10,12,14,20,23H,5-6,11,13,15-19,21-22H2. The predicted octanol–water partition coefficient (Wildman–Crippen LogP) is 4.58. The van der Waals surface area contributed by atoms with E-state index in [0.29, 0.717) is 18.2 Å². The van der Waals surface area contributed by atoms with Crippen LogP contribution in [-0.2, 0) is 11.3 Å². The molecule has 3 aromatic rings. The van der Waals surface area contributed by atoms with E-state index >= 15 is 0 Å². The summed E-state index contributed by atoms with van der Waals surface area (Å²) in [5.41, 5.74) is 1.39. The fourth-order valence-electron chi connectivity index (χ4n) is 5.34. The molecule has 0 N–H and O–H groups in total. The lowest BCUT2D eigenvalue weighted by molar-refractivity contribution is -0.131. The Morgan fingerprint density at radius 3 is 2.55 bits per heavy atom. The van der Waals surface area contributed by atoms with E-state index in [1.807, 2.05) is 24.4 Å². The minimum Gasteiger partial charge on any atom is -0.353 e. The van der Waals surface area contributed by atoms with E-state index in [-0.39, 0.29) is 0 Å². The molecule has 172 valence electrons. The quantitative estimate of drug-likeness (QED) is 0.560. The largest absolute Gasteiger partial charge is 0.353 e. The van der Waals surface area contributed by atoms with Crippen LogP contribution in [0.2, 0.25) is 0 Å². The lowest BCUT2D eigenvalue weighted by atomic mass is 9.92. The molecule has 1 aromatic heterocycles. The zero-order valence-electron chi connectivity index (χ0n) is 19.4. The number of nitrogens with zero attached hydrogens (tertiary/aromatic N) is 4. The first kappa shape index (κ1) is 21.9. The van der Waals surface area contributed by atoms with Gasteiger partial charge >= 0.3 is 0 Å². The molecular weight excluding hydrogens is 408 g/mol. The number of pyridine rings is 1. The molecule has 33 heavy (non-hydrogen) atoms. The van der Waals surface area contributed by atoms with Gasteiger partial charge in [-0.1, -0.05) is 42.5 Å². The Bertz CT molecular complexity index is 1060. The van der Waals surface area contributed by atoms with Crippen molar-refractivity contribution in [2.45, 2.75) is 32.2 Å². The maximum atomic E-state index is 12.9. The molecule has 5 nitrogen and oxygen atoms in total. The van der Waals surface area contributed by atoms with E-state index in [1.54, 1.807) is 0 Å². The van der Waals surface area contributed by atoms with E-state index in [0.717, 1.165) is 58.1 Å². The lowest BCUT2D eigenvalue weighted by Gasteiger charge is -2.36. The number of benzene rings is 2. The fraction of sp³-hybridized carbons (Fsp3) is 0.429. The van der Waals surface area contributed by atoms with Crippen LogP contribution in [0.5, 0.6) is 0 Å². The fourth-order valence-corrected chi connectivity index (χ4v) is 5.34. The smallest absolute Gasteiger partial charge is 0.222 e. The third kappa shape index (κ3) is 5.53. The highest BCUT2D eigenvalue weighted by Gasteiger charge is 2.24. The zero-order chi connectivity index (χ0) is 22.5. The first-order valence-corrected chi connectivity index (χ1v) is 12.4. The summed E-state index contributed by atoms with van der Waals surface area (Å²) >= 11 is 0. The van der Waals surface area contributed by atoms with Gasteiger partial charge in [0.05, 0.1) is 0 Å². The Balaban J connectivity index is 1.08. The van der Waals surface area contributed by atoms with Crippen molar-refractivity contribution < 1.29 is 4.79 Å². The van der Waals surface area contributed by atoms with Gasteiger partial charge in [0.25, 0.3) is 0 Å². The van der Waals surface area contributed by atoms with Crippen molar-refractivity contribution in [3.05, 3.63) is 72.4 Å².